The fourth-order valence-electron chi connectivity index (χ4n) is 1.98. The molecule has 0 aliphatic heterocycles. The molecule has 0 aliphatic carbocycles. The Labute approximate surface area is 138 Å². The maximum atomic E-state index is 11.4. The monoisotopic (exact) mass is 326 g/mol. The molecule has 0 spiro atoms. The minimum atomic E-state index is -0.625. The van der Waals surface area contributed by atoms with Gasteiger partial charge in [0.25, 0.3) is 10.5 Å². The topological polar surface area (TPSA) is 34.1 Å². The second-order valence-electron chi connectivity index (χ2n) is 4.43. The number of halogens is 2. The first-order valence-corrected chi connectivity index (χ1v) is 6.83. The zero-order valence-electron chi connectivity index (χ0n) is 11.2. The van der Waals surface area contributed by atoms with Gasteiger partial charge in [0.15, 0.2) is 0 Å². The normalized spacial score (nSPS) is 9.64. The predicted molar refractivity (Wildman–Crippen MR) is 88.1 cm³/mol. The van der Waals surface area contributed by atoms with Gasteiger partial charge in [0.05, 0.1) is 0 Å². The molecule has 2 rings (SSSR count). The third-order valence-electron chi connectivity index (χ3n) is 2.99. The van der Waals surface area contributed by atoms with Crippen molar-refractivity contribution in [2.24, 2.45) is 0 Å². The van der Waals surface area contributed by atoms with Gasteiger partial charge in [-0.25, -0.2) is 0 Å². The van der Waals surface area contributed by atoms with Gasteiger partial charge < -0.3 is 0 Å². The Morgan fingerprint density at radius 1 is 0.727 bits per heavy atom. The molecule has 0 N–H and O–H groups in total. The molecule has 0 atom stereocenters. The van der Waals surface area contributed by atoms with Crippen LogP contribution in [0.5, 0.6) is 0 Å². The zero-order chi connectivity index (χ0) is 16.3. The number of hydrogen-bond donors (Lipinski definition) is 0. The van der Waals surface area contributed by atoms with E-state index in [2.05, 4.69) is 11.8 Å². The van der Waals surface area contributed by atoms with Crippen molar-refractivity contribution in [2.45, 2.75) is 0 Å². The first kappa shape index (κ1) is 15.9. The van der Waals surface area contributed by atoms with E-state index in [-0.39, 0.29) is 11.1 Å². The summed E-state index contributed by atoms with van der Waals surface area (Å²) in [4.78, 5) is 22.8. The van der Waals surface area contributed by atoms with E-state index in [9.17, 15) is 9.59 Å². The van der Waals surface area contributed by atoms with E-state index in [4.69, 9.17) is 36.0 Å². The Morgan fingerprint density at radius 2 is 1.09 bits per heavy atom. The van der Waals surface area contributed by atoms with Crippen LogP contribution in [-0.2, 0) is 0 Å². The van der Waals surface area contributed by atoms with E-state index < -0.39 is 10.5 Å². The van der Waals surface area contributed by atoms with E-state index in [1.54, 1.807) is 24.3 Å². The lowest BCUT2D eigenvalue weighted by Crippen LogP contribution is -1.95. The molecule has 106 valence electrons. The van der Waals surface area contributed by atoms with Crippen LogP contribution >= 0.6 is 23.2 Å². The van der Waals surface area contributed by atoms with Crippen molar-refractivity contribution in [1.82, 2.24) is 0 Å². The second kappa shape index (κ2) is 6.50. The quantitative estimate of drug-likeness (QED) is 0.629. The molecule has 0 aliphatic rings. The highest BCUT2D eigenvalue weighted by atomic mass is 35.5. The van der Waals surface area contributed by atoms with Crippen molar-refractivity contribution < 1.29 is 9.59 Å². The number of hydrogen-bond acceptors (Lipinski definition) is 2. The largest absolute Gasteiger partial charge is 0.276 e. The fraction of sp³-hybridized carbons (Fsp3) is 0. The molecule has 0 fully saturated rings. The van der Waals surface area contributed by atoms with Gasteiger partial charge in [-0.3, -0.25) is 9.59 Å². The van der Waals surface area contributed by atoms with Crippen LogP contribution in [0.4, 0.5) is 0 Å². The van der Waals surface area contributed by atoms with E-state index in [1.165, 1.54) is 12.1 Å². The molecule has 0 heterocycles. The van der Waals surface area contributed by atoms with Crippen LogP contribution in [0.1, 0.15) is 31.8 Å². The fourth-order valence-corrected chi connectivity index (χ4v) is 2.20. The molecule has 0 aromatic heterocycles. The van der Waals surface area contributed by atoms with Crippen LogP contribution in [0.2, 0.25) is 0 Å². The molecule has 0 radical (unpaired) electrons. The minimum Gasteiger partial charge on any atom is -0.276 e. The van der Waals surface area contributed by atoms with E-state index >= 15 is 0 Å². The molecule has 0 saturated carbocycles. The molecular formula is C18H8Cl2O2. The lowest BCUT2D eigenvalue weighted by atomic mass is 9.97. The summed E-state index contributed by atoms with van der Waals surface area (Å²) in [6.07, 6.45) is 10.8. The van der Waals surface area contributed by atoms with Gasteiger partial charge in [-0.1, -0.05) is 11.8 Å². The van der Waals surface area contributed by atoms with Gasteiger partial charge in [-0.2, -0.15) is 0 Å². The lowest BCUT2D eigenvalue weighted by Gasteiger charge is -2.07. The van der Waals surface area contributed by atoms with Gasteiger partial charge >= 0.3 is 0 Å². The van der Waals surface area contributed by atoms with Gasteiger partial charge in [0.1, 0.15) is 0 Å². The number of carbonyl (C=O) groups excluding carboxylic acids is 2. The predicted octanol–water partition coefficient (Wildman–Crippen LogP) is 4.07. The van der Waals surface area contributed by atoms with Crippen molar-refractivity contribution in [3.63, 3.8) is 0 Å². The molecule has 2 aromatic carbocycles. The van der Waals surface area contributed by atoms with Gasteiger partial charge in [0, 0.05) is 22.3 Å². The van der Waals surface area contributed by atoms with Crippen LogP contribution in [-0.4, -0.2) is 10.5 Å². The second-order valence-corrected chi connectivity index (χ2v) is 5.12. The van der Waals surface area contributed by atoms with E-state index in [0.29, 0.717) is 22.3 Å². The average molecular weight is 327 g/mol. The SMILES string of the molecule is C#Cc1cc(C(=O)Cl)cc(-c2cc(C#C)cc(C(=O)Cl)c2)c1. The lowest BCUT2D eigenvalue weighted by molar-refractivity contribution is 0.107. The van der Waals surface area contributed by atoms with Gasteiger partial charge in [0.2, 0.25) is 0 Å². The van der Waals surface area contributed by atoms with Crippen molar-refractivity contribution in [3.05, 3.63) is 58.7 Å². The summed E-state index contributed by atoms with van der Waals surface area (Å²) in [5, 5.41) is -1.25. The maximum absolute atomic E-state index is 11.4. The highest BCUT2D eigenvalue weighted by Gasteiger charge is 2.11. The molecule has 0 amide bonds. The summed E-state index contributed by atoms with van der Waals surface area (Å²) in [6, 6.07) is 9.57. The molecule has 0 saturated heterocycles. The number of benzene rings is 2. The summed E-state index contributed by atoms with van der Waals surface area (Å²) < 4.78 is 0. The van der Waals surface area contributed by atoms with Gasteiger partial charge in [-0.15, -0.1) is 12.8 Å². The Kier molecular flexibility index (Phi) is 4.68. The number of terminal acetylenes is 2. The molecule has 2 nitrogen and oxygen atoms in total. The van der Waals surface area contributed by atoms with Crippen molar-refractivity contribution in [3.8, 4) is 35.8 Å². The summed E-state index contributed by atoms with van der Waals surface area (Å²) in [5.41, 5.74) is 2.75. The summed E-state index contributed by atoms with van der Waals surface area (Å²) in [7, 11) is 0. The van der Waals surface area contributed by atoms with Crippen molar-refractivity contribution in [1.29, 1.82) is 0 Å². The van der Waals surface area contributed by atoms with Crippen LogP contribution in [0.15, 0.2) is 36.4 Å². The van der Waals surface area contributed by atoms with E-state index in [0.717, 1.165) is 0 Å². The minimum absolute atomic E-state index is 0.261. The molecule has 0 bridgehead atoms. The molecule has 0 unspecified atom stereocenters. The highest BCUT2D eigenvalue weighted by Crippen LogP contribution is 2.26. The van der Waals surface area contributed by atoms with Crippen LogP contribution < -0.4 is 0 Å². The summed E-state index contributed by atoms with van der Waals surface area (Å²) in [5.74, 6) is 4.91. The summed E-state index contributed by atoms with van der Waals surface area (Å²) in [6.45, 7) is 0. The van der Waals surface area contributed by atoms with Crippen molar-refractivity contribution >= 4 is 33.7 Å². The average Bonchev–Trinajstić information content (AvgIpc) is 2.53. The Bertz CT molecular complexity index is 794. The van der Waals surface area contributed by atoms with Crippen LogP contribution in [0, 0.1) is 24.7 Å². The maximum Gasteiger partial charge on any atom is 0.252 e. The Morgan fingerprint density at radius 3 is 1.36 bits per heavy atom. The zero-order valence-corrected chi connectivity index (χ0v) is 12.7. The summed E-state index contributed by atoms with van der Waals surface area (Å²) >= 11 is 11.0. The van der Waals surface area contributed by atoms with Crippen LogP contribution in [0.25, 0.3) is 11.1 Å². The molecule has 22 heavy (non-hydrogen) atoms. The molecule has 2 aromatic rings. The third kappa shape index (κ3) is 3.38. The van der Waals surface area contributed by atoms with Gasteiger partial charge in [-0.05, 0) is 70.7 Å². The standard InChI is InChI=1S/C18H8Cl2O2/c1-3-11-5-13(9-15(7-11)17(19)21)14-6-12(4-2)8-16(10-14)18(20)22/h1-2,5-10H. The first-order valence-electron chi connectivity index (χ1n) is 6.08. The molecule has 4 heteroatoms. The Balaban J connectivity index is 2.71. The van der Waals surface area contributed by atoms with E-state index in [1.807, 2.05) is 0 Å². The molecular weight excluding hydrogens is 319 g/mol. The third-order valence-corrected chi connectivity index (χ3v) is 3.42. The first-order chi connectivity index (χ1) is 10.4. The van der Waals surface area contributed by atoms with Crippen molar-refractivity contribution in [2.75, 3.05) is 0 Å². The Hall–Kier alpha value is -2.52. The number of rotatable bonds is 3. The highest BCUT2D eigenvalue weighted by molar-refractivity contribution is 6.68. The smallest absolute Gasteiger partial charge is 0.252 e. The van der Waals surface area contributed by atoms with Crippen LogP contribution in [0.3, 0.4) is 0 Å². The number of carbonyl (C=O) groups is 2.